The molecule has 2 rings (SSSR count). The third-order valence-electron chi connectivity index (χ3n) is 2.97. The van der Waals surface area contributed by atoms with Gasteiger partial charge in [0.2, 0.25) is 0 Å². The molecule has 0 bridgehead atoms. The molecule has 0 radical (unpaired) electrons. The molecule has 120 valence electrons. The van der Waals surface area contributed by atoms with E-state index in [9.17, 15) is 4.39 Å². The van der Waals surface area contributed by atoms with Gasteiger partial charge in [-0.05, 0) is 37.3 Å². The molecule has 0 fully saturated rings. The Hall–Kier alpha value is -2.47. The van der Waals surface area contributed by atoms with E-state index in [1.54, 1.807) is 24.4 Å². The van der Waals surface area contributed by atoms with Gasteiger partial charge in [-0.15, -0.1) is 0 Å². The van der Waals surface area contributed by atoms with Crippen molar-refractivity contribution in [1.82, 2.24) is 10.7 Å². The normalized spacial score (nSPS) is 10.5. The summed E-state index contributed by atoms with van der Waals surface area (Å²) in [5.74, 6) is 0.340. The minimum absolute atomic E-state index is 0.154. The fraction of sp³-hybridized carbons (Fsp3) is 0.176. The van der Waals surface area contributed by atoms with Gasteiger partial charge in [0.25, 0.3) is 0 Å². The topological polar surface area (TPSA) is 45.7 Å². The van der Waals surface area contributed by atoms with Crippen molar-refractivity contribution in [3.63, 3.8) is 0 Å². The maximum absolute atomic E-state index is 13.6. The Balaban J connectivity index is 2.01. The van der Waals surface area contributed by atoms with Crippen LogP contribution in [-0.4, -0.2) is 17.9 Å². The lowest BCUT2D eigenvalue weighted by Crippen LogP contribution is -2.31. The number of para-hydroxylation sites is 1. The number of nitrogens with zero attached hydrogens (tertiary/aromatic N) is 1. The molecule has 0 aromatic heterocycles. The zero-order valence-corrected chi connectivity index (χ0v) is 13.6. The number of rotatable bonds is 6. The lowest BCUT2D eigenvalue weighted by Gasteiger charge is -2.09. The Morgan fingerprint density at radius 3 is 2.74 bits per heavy atom. The first-order valence-electron chi connectivity index (χ1n) is 7.23. The van der Waals surface area contributed by atoms with Crippen molar-refractivity contribution in [2.24, 2.45) is 5.10 Å². The molecule has 0 atom stereocenters. The van der Waals surface area contributed by atoms with Crippen LogP contribution in [-0.2, 0) is 6.61 Å². The molecule has 0 aliphatic carbocycles. The van der Waals surface area contributed by atoms with E-state index in [4.69, 9.17) is 17.0 Å². The Morgan fingerprint density at radius 2 is 1.96 bits per heavy atom. The maximum atomic E-state index is 13.6. The number of nitrogens with one attached hydrogen (secondary N) is 2. The van der Waals surface area contributed by atoms with Gasteiger partial charge in [0.05, 0.1) is 6.21 Å². The summed E-state index contributed by atoms with van der Waals surface area (Å²) in [4.78, 5) is 0. The fourth-order valence-corrected chi connectivity index (χ4v) is 2.05. The molecule has 4 nitrogen and oxygen atoms in total. The van der Waals surface area contributed by atoms with Gasteiger partial charge in [0, 0.05) is 17.7 Å². The zero-order chi connectivity index (χ0) is 16.5. The van der Waals surface area contributed by atoms with E-state index in [-0.39, 0.29) is 12.4 Å². The third kappa shape index (κ3) is 5.34. The van der Waals surface area contributed by atoms with Gasteiger partial charge in [-0.25, -0.2) is 4.39 Å². The monoisotopic (exact) mass is 331 g/mol. The smallest absolute Gasteiger partial charge is 0.186 e. The molecule has 23 heavy (non-hydrogen) atoms. The quantitative estimate of drug-likeness (QED) is 0.485. The molecule has 0 saturated carbocycles. The molecule has 0 heterocycles. The van der Waals surface area contributed by atoms with Crippen molar-refractivity contribution in [2.75, 3.05) is 6.54 Å². The number of hydrazone groups is 1. The van der Waals surface area contributed by atoms with Crippen molar-refractivity contribution in [3.8, 4) is 5.75 Å². The van der Waals surface area contributed by atoms with Crippen molar-refractivity contribution in [2.45, 2.75) is 13.5 Å². The summed E-state index contributed by atoms with van der Waals surface area (Å²) in [7, 11) is 0. The highest BCUT2D eigenvalue weighted by molar-refractivity contribution is 7.80. The summed E-state index contributed by atoms with van der Waals surface area (Å²) in [5.41, 5.74) is 4.00. The minimum atomic E-state index is -0.281. The Morgan fingerprint density at radius 1 is 1.22 bits per heavy atom. The Labute approximate surface area is 140 Å². The van der Waals surface area contributed by atoms with Crippen LogP contribution in [0.4, 0.5) is 4.39 Å². The second-order valence-corrected chi connectivity index (χ2v) is 5.06. The Bertz CT molecular complexity index is 691. The molecule has 2 aromatic rings. The summed E-state index contributed by atoms with van der Waals surface area (Å²) in [6.45, 7) is 2.83. The van der Waals surface area contributed by atoms with Crippen molar-refractivity contribution >= 4 is 23.5 Å². The molecule has 0 aliphatic heterocycles. The van der Waals surface area contributed by atoms with Crippen LogP contribution < -0.4 is 15.5 Å². The first-order valence-corrected chi connectivity index (χ1v) is 7.63. The average molecular weight is 331 g/mol. The van der Waals surface area contributed by atoms with Crippen LogP contribution in [0, 0.1) is 5.82 Å². The predicted octanol–water partition coefficient (Wildman–Crippen LogP) is 3.22. The number of ether oxygens (including phenoxy) is 1. The molecule has 6 heteroatoms. The first-order chi connectivity index (χ1) is 11.2. The van der Waals surface area contributed by atoms with E-state index in [1.807, 2.05) is 31.2 Å². The minimum Gasteiger partial charge on any atom is -0.488 e. The average Bonchev–Trinajstić information content (AvgIpc) is 2.55. The number of hydrogen-bond acceptors (Lipinski definition) is 3. The number of thiocarbonyl (C=S) groups is 1. The van der Waals surface area contributed by atoms with E-state index in [0.29, 0.717) is 16.4 Å². The van der Waals surface area contributed by atoms with Gasteiger partial charge < -0.3 is 10.1 Å². The summed E-state index contributed by atoms with van der Waals surface area (Å²) in [5, 5.41) is 7.45. The summed E-state index contributed by atoms with van der Waals surface area (Å²) >= 11 is 5.02. The molecule has 0 aliphatic rings. The zero-order valence-electron chi connectivity index (χ0n) is 12.8. The van der Waals surface area contributed by atoms with Gasteiger partial charge in [0.1, 0.15) is 18.2 Å². The van der Waals surface area contributed by atoms with Crippen molar-refractivity contribution in [1.29, 1.82) is 0 Å². The Kier molecular flexibility index (Phi) is 6.50. The standard InChI is InChI=1S/C17H18FN3OS/c1-2-19-17(23)21-20-11-13-7-4-6-10-16(13)22-12-14-8-3-5-9-15(14)18/h3-11H,2,12H2,1H3,(H2,19,21,23). The molecular weight excluding hydrogens is 313 g/mol. The number of benzene rings is 2. The molecular formula is C17H18FN3OS. The van der Waals surface area contributed by atoms with Gasteiger partial charge in [-0.1, -0.05) is 30.3 Å². The third-order valence-corrected chi connectivity index (χ3v) is 3.20. The van der Waals surface area contributed by atoms with E-state index in [1.165, 1.54) is 6.07 Å². The molecule has 2 aromatic carbocycles. The first kappa shape index (κ1) is 16.9. The van der Waals surface area contributed by atoms with Crippen LogP contribution in [0.5, 0.6) is 5.75 Å². The van der Waals surface area contributed by atoms with Crippen LogP contribution in [0.3, 0.4) is 0 Å². The van der Waals surface area contributed by atoms with Gasteiger partial charge in [0.15, 0.2) is 5.11 Å². The van der Waals surface area contributed by atoms with E-state index < -0.39 is 0 Å². The van der Waals surface area contributed by atoms with E-state index >= 15 is 0 Å². The van der Waals surface area contributed by atoms with E-state index in [0.717, 1.165) is 12.1 Å². The lowest BCUT2D eigenvalue weighted by molar-refractivity contribution is 0.299. The van der Waals surface area contributed by atoms with Crippen LogP contribution in [0.15, 0.2) is 53.6 Å². The lowest BCUT2D eigenvalue weighted by atomic mass is 10.2. The van der Waals surface area contributed by atoms with E-state index in [2.05, 4.69) is 15.8 Å². The summed E-state index contributed by atoms with van der Waals surface area (Å²) in [6.07, 6.45) is 1.61. The maximum Gasteiger partial charge on any atom is 0.186 e. The second kappa shape index (κ2) is 8.85. The number of halogens is 1. The van der Waals surface area contributed by atoms with Crippen LogP contribution in [0.25, 0.3) is 0 Å². The predicted molar refractivity (Wildman–Crippen MR) is 94.2 cm³/mol. The fourth-order valence-electron chi connectivity index (χ4n) is 1.85. The SMILES string of the molecule is CCNC(=S)NN=Cc1ccccc1OCc1ccccc1F. The molecule has 0 unspecified atom stereocenters. The highest BCUT2D eigenvalue weighted by Gasteiger charge is 2.04. The highest BCUT2D eigenvalue weighted by atomic mass is 32.1. The van der Waals surface area contributed by atoms with Gasteiger partial charge in [-0.2, -0.15) is 5.10 Å². The number of hydrogen-bond donors (Lipinski definition) is 2. The molecule has 0 spiro atoms. The van der Waals surface area contributed by atoms with Crippen LogP contribution >= 0.6 is 12.2 Å². The largest absolute Gasteiger partial charge is 0.488 e. The second-order valence-electron chi connectivity index (χ2n) is 4.65. The van der Waals surface area contributed by atoms with Crippen LogP contribution in [0.2, 0.25) is 0 Å². The van der Waals surface area contributed by atoms with Gasteiger partial charge in [-0.3, -0.25) is 5.43 Å². The summed E-state index contributed by atoms with van der Waals surface area (Å²) < 4.78 is 19.3. The van der Waals surface area contributed by atoms with Crippen LogP contribution in [0.1, 0.15) is 18.1 Å². The highest BCUT2D eigenvalue weighted by Crippen LogP contribution is 2.18. The van der Waals surface area contributed by atoms with Gasteiger partial charge >= 0.3 is 0 Å². The molecule has 0 amide bonds. The van der Waals surface area contributed by atoms with Crippen molar-refractivity contribution < 1.29 is 9.13 Å². The molecule has 2 N–H and O–H groups in total. The molecule has 0 saturated heterocycles. The van der Waals surface area contributed by atoms with Crippen molar-refractivity contribution in [3.05, 3.63) is 65.5 Å². The summed E-state index contributed by atoms with van der Waals surface area (Å²) in [6, 6.07) is 13.9.